The summed E-state index contributed by atoms with van der Waals surface area (Å²) in [5.41, 5.74) is 2.07. The number of aromatic hydroxyl groups is 1. The standard InChI is InChI=1S/C24H26N2O4/c1-25-12-14-26(15-13-25)16-19-20(27)11-10-18-23(28)22(30-24(18)19)9-5-7-17-6-3-4-8-21(17)29-2/h3-11,27H,12-16H2,1-2H3/b7-5+,22-9+. The lowest BCUT2D eigenvalue weighted by atomic mass is 10.0. The van der Waals surface area contributed by atoms with Crippen LogP contribution in [0.25, 0.3) is 6.08 Å². The van der Waals surface area contributed by atoms with Gasteiger partial charge < -0.3 is 19.5 Å². The Hall–Kier alpha value is -3.09. The van der Waals surface area contributed by atoms with Crippen molar-refractivity contribution < 1.29 is 19.4 Å². The Kier molecular flexibility index (Phi) is 5.88. The maximum Gasteiger partial charge on any atom is 0.231 e. The summed E-state index contributed by atoms with van der Waals surface area (Å²) in [7, 11) is 3.73. The van der Waals surface area contributed by atoms with E-state index >= 15 is 0 Å². The summed E-state index contributed by atoms with van der Waals surface area (Å²) in [6.45, 7) is 4.35. The number of Topliss-reactive ketones (excluding diaryl/α,β-unsaturated/α-hetero) is 1. The SMILES string of the molecule is COc1ccccc1/C=C/C=C1/Oc2c(ccc(O)c2CN2CCN(C)CC2)C1=O. The molecule has 2 aliphatic heterocycles. The number of para-hydroxylation sites is 1. The summed E-state index contributed by atoms with van der Waals surface area (Å²) in [6.07, 6.45) is 5.30. The van der Waals surface area contributed by atoms with E-state index < -0.39 is 0 Å². The van der Waals surface area contributed by atoms with Crippen LogP contribution in [0.3, 0.4) is 0 Å². The Bertz CT molecular complexity index is 1000. The largest absolute Gasteiger partial charge is 0.507 e. The number of likely N-dealkylation sites (N-methyl/N-ethyl adjacent to an activating group) is 1. The zero-order valence-corrected chi connectivity index (χ0v) is 17.3. The Morgan fingerprint density at radius 2 is 1.90 bits per heavy atom. The summed E-state index contributed by atoms with van der Waals surface area (Å²) in [5.74, 6) is 1.46. The first-order valence-electron chi connectivity index (χ1n) is 10.1. The minimum atomic E-state index is -0.172. The van der Waals surface area contributed by atoms with Crippen molar-refractivity contribution in [3.05, 3.63) is 71.0 Å². The van der Waals surface area contributed by atoms with Gasteiger partial charge in [-0.25, -0.2) is 0 Å². The van der Waals surface area contributed by atoms with E-state index in [4.69, 9.17) is 9.47 Å². The van der Waals surface area contributed by atoms with Crippen LogP contribution in [0, 0.1) is 0 Å². The van der Waals surface area contributed by atoms with E-state index in [2.05, 4.69) is 16.8 Å². The Morgan fingerprint density at radius 3 is 2.67 bits per heavy atom. The van der Waals surface area contributed by atoms with Gasteiger partial charge in [-0.15, -0.1) is 0 Å². The summed E-state index contributed by atoms with van der Waals surface area (Å²) in [6, 6.07) is 10.9. The molecule has 4 rings (SSSR count). The van der Waals surface area contributed by atoms with Crippen LogP contribution in [0.15, 0.2) is 54.3 Å². The molecular formula is C24H26N2O4. The van der Waals surface area contributed by atoms with Gasteiger partial charge in [-0.3, -0.25) is 9.69 Å². The number of hydrogen-bond acceptors (Lipinski definition) is 6. The first-order valence-corrected chi connectivity index (χ1v) is 10.1. The molecule has 2 aliphatic rings. The van der Waals surface area contributed by atoms with Crippen LogP contribution in [0.2, 0.25) is 0 Å². The topological polar surface area (TPSA) is 62.2 Å². The van der Waals surface area contributed by atoms with Crippen molar-refractivity contribution in [1.82, 2.24) is 9.80 Å². The fraction of sp³-hybridized carbons (Fsp3) is 0.292. The minimum absolute atomic E-state index is 0.159. The van der Waals surface area contributed by atoms with Crippen molar-refractivity contribution in [3.8, 4) is 17.2 Å². The zero-order valence-electron chi connectivity index (χ0n) is 17.3. The molecule has 0 aliphatic carbocycles. The van der Waals surface area contributed by atoms with Crippen LogP contribution in [0.4, 0.5) is 0 Å². The van der Waals surface area contributed by atoms with E-state index in [1.807, 2.05) is 30.3 Å². The number of ether oxygens (including phenoxy) is 2. The number of phenols is 1. The molecule has 30 heavy (non-hydrogen) atoms. The summed E-state index contributed by atoms with van der Waals surface area (Å²) in [4.78, 5) is 17.4. The van der Waals surface area contributed by atoms with Gasteiger partial charge in [-0.2, -0.15) is 0 Å². The molecule has 6 heteroatoms. The van der Waals surface area contributed by atoms with Crippen LogP contribution in [0.5, 0.6) is 17.2 Å². The zero-order chi connectivity index (χ0) is 21.1. The molecule has 1 saturated heterocycles. The van der Waals surface area contributed by atoms with E-state index in [-0.39, 0.29) is 17.3 Å². The molecule has 2 aromatic rings. The molecule has 2 aromatic carbocycles. The molecule has 0 atom stereocenters. The number of phenolic OH excluding ortho intramolecular Hbond substituents is 1. The second-order valence-electron chi connectivity index (χ2n) is 7.58. The normalized spacial score (nSPS) is 18.7. The molecule has 0 bridgehead atoms. The van der Waals surface area contributed by atoms with Gasteiger partial charge in [-0.05, 0) is 31.3 Å². The lowest BCUT2D eigenvalue weighted by molar-refractivity contribution is 0.101. The molecule has 1 fully saturated rings. The number of methoxy groups -OCH3 is 1. The average molecular weight is 406 g/mol. The Morgan fingerprint density at radius 1 is 1.13 bits per heavy atom. The van der Waals surface area contributed by atoms with E-state index in [1.165, 1.54) is 0 Å². The molecule has 2 heterocycles. The second kappa shape index (κ2) is 8.73. The summed E-state index contributed by atoms with van der Waals surface area (Å²) < 4.78 is 11.3. The van der Waals surface area contributed by atoms with Gasteiger partial charge in [0.25, 0.3) is 0 Å². The third-order valence-corrected chi connectivity index (χ3v) is 5.56. The van der Waals surface area contributed by atoms with E-state index in [0.29, 0.717) is 23.4 Å². The highest BCUT2D eigenvalue weighted by molar-refractivity contribution is 6.12. The van der Waals surface area contributed by atoms with Gasteiger partial charge >= 0.3 is 0 Å². The molecular weight excluding hydrogens is 380 g/mol. The summed E-state index contributed by atoms with van der Waals surface area (Å²) in [5, 5.41) is 10.4. The lowest BCUT2D eigenvalue weighted by Crippen LogP contribution is -2.43. The monoisotopic (exact) mass is 406 g/mol. The van der Waals surface area contributed by atoms with Gasteiger partial charge in [0.2, 0.25) is 5.78 Å². The predicted octanol–water partition coefficient (Wildman–Crippen LogP) is 3.32. The van der Waals surface area contributed by atoms with Crippen molar-refractivity contribution in [3.63, 3.8) is 0 Å². The third-order valence-electron chi connectivity index (χ3n) is 5.56. The van der Waals surface area contributed by atoms with Gasteiger partial charge in [0, 0.05) is 38.3 Å². The third kappa shape index (κ3) is 4.10. The molecule has 0 radical (unpaired) electrons. The fourth-order valence-corrected chi connectivity index (χ4v) is 3.74. The maximum absolute atomic E-state index is 12.8. The summed E-state index contributed by atoms with van der Waals surface area (Å²) >= 11 is 0. The first-order chi connectivity index (χ1) is 14.6. The minimum Gasteiger partial charge on any atom is -0.507 e. The van der Waals surface area contributed by atoms with Gasteiger partial charge in [0.15, 0.2) is 5.76 Å². The van der Waals surface area contributed by atoms with Crippen molar-refractivity contribution in [1.29, 1.82) is 0 Å². The number of allylic oxidation sites excluding steroid dienone is 3. The number of ketones is 1. The van der Waals surface area contributed by atoms with Gasteiger partial charge in [-0.1, -0.05) is 30.4 Å². The number of carbonyl (C=O) groups excluding carboxylic acids is 1. The number of carbonyl (C=O) groups is 1. The lowest BCUT2D eigenvalue weighted by Gasteiger charge is -2.32. The van der Waals surface area contributed by atoms with Gasteiger partial charge in [0.05, 0.1) is 18.2 Å². The van der Waals surface area contributed by atoms with Crippen LogP contribution in [-0.4, -0.2) is 61.0 Å². The van der Waals surface area contributed by atoms with E-state index in [0.717, 1.165) is 37.5 Å². The van der Waals surface area contributed by atoms with Crippen molar-refractivity contribution in [2.24, 2.45) is 0 Å². The molecule has 156 valence electrons. The van der Waals surface area contributed by atoms with Crippen LogP contribution in [-0.2, 0) is 6.54 Å². The number of fused-ring (bicyclic) bond motifs is 1. The molecule has 1 N–H and O–H groups in total. The van der Waals surface area contributed by atoms with Crippen LogP contribution >= 0.6 is 0 Å². The quantitative estimate of drug-likeness (QED) is 0.769. The molecule has 0 aromatic heterocycles. The average Bonchev–Trinajstić information content (AvgIpc) is 3.08. The van der Waals surface area contributed by atoms with Crippen molar-refractivity contribution in [2.45, 2.75) is 6.54 Å². The number of hydrogen-bond donors (Lipinski definition) is 1. The highest BCUT2D eigenvalue weighted by Crippen LogP contribution is 2.39. The number of benzene rings is 2. The highest BCUT2D eigenvalue weighted by Gasteiger charge is 2.31. The number of nitrogens with zero attached hydrogens (tertiary/aromatic N) is 2. The molecule has 0 unspecified atom stereocenters. The number of rotatable bonds is 5. The fourth-order valence-electron chi connectivity index (χ4n) is 3.74. The Balaban J connectivity index is 1.55. The molecule has 6 nitrogen and oxygen atoms in total. The predicted molar refractivity (Wildman–Crippen MR) is 116 cm³/mol. The molecule has 0 spiro atoms. The molecule has 0 amide bonds. The highest BCUT2D eigenvalue weighted by atomic mass is 16.5. The van der Waals surface area contributed by atoms with E-state index in [1.54, 1.807) is 31.4 Å². The first kappa shape index (κ1) is 20.2. The van der Waals surface area contributed by atoms with Crippen LogP contribution < -0.4 is 9.47 Å². The number of piperazine rings is 1. The maximum atomic E-state index is 12.8. The van der Waals surface area contributed by atoms with Gasteiger partial charge in [0.1, 0.15) is 17.2 Å². The smallest absolute Gasteiger partial charge is 0.231 e. The molecule has 0 saturated carbocycles. The Labute approximate surface area is 176 Å². The van der Waals surface area contributed by atoms with Crippen LogP contribution in [0.1, 0.15) is 21.5 Å². The van der Waals surface area contributed by atoms with E-state index in [9.17, 15) is 9.90 Å². The van der Waals surface area contributed by atoms with Crippen molar-refractivity contribution in [2.75, 3.05) is 40.3 Å². The van der Waals surface area contributed by atoms with Crippen molar-refractivity contribution >= 4 is 11.9 Å². The second-order valence-corrected chi connectivity index (χ2v) is 7.58.